The standard InChI is InChI=1S/C39H47N3O4/c1-4-6-22-44-25-26-46-37-14-9-31(10-15-37)32-11-16-38-34(27-32)28-33(17-21-42(38)20-5-2)39(43)40-35-12-7-30(8-13-35)29-41(3)36-18-23-45-24-19-36/h2,7-16,27-28,36H,4,6,17-26,29H2,1,3H3,(H,40,43). The third-order valence-electron chi connectivity index (χ3n) is 8.71. The second kappa shape index (κ2) is 17.0. The lowest BCUT2D eigenvalue weighted by Gasteiger charge is -2.31. The van der Waals surface area contributed by atoms with Crippen LogP contribution < -0.4 is 15.0 Å². The monoisotopic (exact) mass is 621 g/mol. The number of rotatable bonds is 14. The Hall–Kier alpha value is -4.09. The van der Waals surface area contributed by atoms with Crippen LogP contribution in [0.1, 0.15) is 50.2 Å². The van der Waals surface area contributed by atoms with Crippen molar-refractivity contribution in [2.45, 2.75) is 51.6 Å². The lowest BCUT2D eigenvalue weighted by Crippen LogP contribution is -2.36. The summed E-state index contributed by atoms with van der Waals surface area (Å²) in [7, 11) is 2.17. The van der Waals surface area contributed by atoms with Gasteiger partial charge in [0, 0.05) is 55.9 Å². The van der Waals surface area contributed by atoms with Gasteiger partial charge in [-0.25, -0.2) is 0 Å². The topological polar surface area (TPSA) is 63.3 Å². The van der Waals surface area contributed by atoms with Gasteiger partial charge < -0.3 is 24.4 Å². The van der Waals surface area contributed by atoms with E-state index in [2.05, 4.69) is 77.5 Å². The molecule has 1 N–H and O–H groups in total. The van der Waals surface area contributed by atoms with Crippen molar-refractivity contribution in [3.63, 3.8) is 0 Å². The van der Waals surface area contributed by atoms with Crippen LogP contribution in [0.2, 0.25) is 0 Å². The number of hydrogen-bond donors (Lipinski definition) is 1. The quantitative estimate of drug-likeness (QED) is 0.154. The Bertz CT molecular complexity index is 1490. The Morgan fingerprint density at radius 2 is 1.78 bits per heavy atom. The highest BCUT2D eigenvalue weighted by Crippen LogP contribution is 2.33. The number of carbonyl (C=O) groups excluding carboxylic acids is 1. The Morgan fingerprint density at radius 3 is 2.52 bits per heavy atom. The molecule has 2 aliphatic heterocycles. The first-order valence-electron chi connectivity index (χ1n) is 16.6. The van der Waals surface area contributed by atoms with Crippen LogP contribution in [-0.4, -0.2) is 70.0 Å². The molecule has 1 fully saturated rings. The van der Waals surface area contributed by atoms with E-state index in [0.29, 0.717) is 38.8 Å². The first-order chi connectivity index (χ1) is 22.5. The molecular weight excluding hydrogens is 574 g/mol. The maximum atomic E-state index is 13.5. The second-order valence-corrected chi connectivity index (χ2v) is 12.1. The molecule has 5 rings (SSSR count). The van der Waals surface area contributed by atoms with E-state index in [9.17, 15) is 4.79 Å². The molecule has 1 amide bonds. The average molecular weight is 622 g/mol. The SMILES string of the molecule is C#CCN1CCC(C(=O)Nc2ccc(CN(C)C3CCOCC3)cc2)=Cc2cc(-c3ccc(OCCOCCCC)cc3)ccc21. The zero-order valence-electron chi connectivity index (χ0n) is 27.3. The van der Waals surface area contributed by atoms with E-state index in [1.54, 1.807) is 0 Å². The van der Waals surface area contributed by atoms with Crippen molar-refractivity contribution in [1.82, 2.24) is 4.90 Å². The number of benzene rings is 3. The lowest BCUT2D eigenvalue weighted by molar-refractivity contribution is -0.112. The average Bonchev–Trinajstić information content (AvgIpc) is 3.27. The highest BCUT2D eigenvalue weighted by Gasteiger charge is 2.21. The summed E-state index contributed by atoms with van der Waals surface area (Å²) in [5.74, 6) is 3.51. The molecule has 7 heteroatoms. The first-order valence-corrected chi connectivity index (χ1v) is 16.6. The Kier molecular flexibility index (Phi) is 12.3. The van der Waals surface area contributed by atoms with E-state index < -0.39 is 0 Å². The molecule has 2 heterocycles. The van der Waals surface area contributed by atoms with E-state index in [1.165, 1.54) is 5.56 Å². The number of unbranched alkanes of at least 4 members (excludes halogenated alkanes) is 1. The number of fused-ring (bicyclic) bond motifs is 1. The number of hydrogen-bond acceptors (Lipinski definition) is 6. The molecule has 0 radical (unpaired) electrons. The zero-order valence-corrected chi connectivity index (χ0v) is 27.3. The van der Waals surface area contributed by atoms with E-state index in [4.69, 9.17) is 20.6 Å². The van der Waals surface area contributed by atoms with E-state index in [0.717, 1.165) is 91.4 Å². The molecule has 1 saturated heterocycles. The minimum Gasteiger partial charge on any atom is -0.491 e. The fraction of sp³-hybridized carbons (Fsp3) is 0.410. The Labute approximate surface area is 274 Å². The molecule has 3 aromatic rings. The number of anilines is 2. The molecular formula is C39H47N3O4. The summed E-state index contributed by atoms with van der Waals surface area (Å²) >= 11 is 0. The summed E-state index contributed by atoms with van der Waals surface area (Å²) < 4.78 is 17.0. The molecule has 242 valence electrons. The summed E-state index contributed by atoms with van der Waals surface area (Å²) in [6.45, 7) is 7.73. The predicted octanol–water partition coefficient (Wildman–Crippen LogP) is 7.03. The third-order valence-corrected chi connectivity index (χ3v) is 8.71. The number of terminal acetylenes is 1. The smallest absolute Gasteiger partial charge is 0.251 e. The van der Waals surface area contributed by atoms with Crippen LogP contribution in [-0.2, 0) is 20.8 Å². The van der Waals surface area contributed by atoms with Crippen molar-refractivity contribution in [3.8, 4) is 29.2 Å². The van der Waals surface area contributed by atoms with Gasteiger partial charge in [-0.05, 0) is 97.5 Å². The summed E-state index contributed by atoms with van der Waals surface area (Å²) in [5, 5.41) is 3.13. The van der Waals surface area contributed by atoms with Crippen molar-refractivity contribution in [2.24, 2.45) is 0 Å². The second-order valence-electron chi connectivity index (χ2n) is 12.1. The molecule has 0 unspecified atom stereocenters. The molecule has 0 spiro atoms. The van der Waals surface area contributed by atoms with Gasteiger partial charge in [-0.2, -0.15) is 0 Å². The molecule has 0 aromatic heterocycles. The van der Waals surface area contributed by atoms with Crippen LogP contribution in [0, 0.1) is 12.3 Å². The van der Waals surface area contributed by atoms with Gasteiger partial charge in [0.2, 0.25) is 0 Å². The number of amides is 1. The van der Waals surface area contributed by atoms with Gasteiger partial charge in [-0.3, -0.25) is 9.69 Å². The van der Waals surface area contributed by atoms with Crippen molar-refractivity contribution < 1.29 is 19.0 Å². The van der Waals surface area contributed by atoms with Crippen LogP contribution >= 0.6 is 0 Å². The highest BCUT2D eigenvalue weighted by atomic mass is 16.5. The normalized spacial score (nSPS) is 15.1. The molecule has 0 saturated carbocycles. The summed E-state index contributed by atoms with van der Waals surface area (Å²) in [6, 6.07) is 23.2. The van der Waals surface area contributed by atoms with E-state index in [1.807, 2.05) is 30.3 Å². The molecule has 46 heavy (non-hydrogen) atoms. The highest BCUT2D eigenvalue weighted by molar-refractivity contribution is 6.07. The van der Waals surface area contributed by atoms with Crippen molar-refractivity contribution >= 4 is 23.4 Å². The fourth-order valence-corrected chi connectivity index (χ4v) is 5.99. The number of nitrogens with zero attached hydrogens (tertiary/aromatic N) is 2. The van der Waals surface area contributed by atoms with Gasteiger partial charge in [0.05, 0.1) is 13.2 Å². The number of ether oxygens (including phenoxy) is 3. The maximum Gasteiger partial charge on any atom is 0.251 e. The minimum atomic E-state index is -0.0915. The fourth-order valence-electron chi connectivity index (χ4n) is 5.99. The third kappa shape index (κ3) is 9.23. The largest absolute Gasteiger partial charge is 0.491 e. The van der Waals surface area contributed by atoms with Gasteiger partial charge in [-0.1, -0.05) is 49.6 Å². The summed E-state index contributed by atoms with van der Waals surface area (Å²) in [5.41, 5.74) is 6.89. The van der Waals surface area contributed by atoms with Crippen LogP contribution in [0.3, 0.4) is 0 Å². The Morgan fingerprint density at radius 1 is 1.02 bits per heavy atom. The van der Waals surface area contributed by atoms with Gasteiger partial charge in [0.25, 0.3) is 5.91 Å². The van der Waals surface area contributed by atoms with Gasteiger partial charge in [-0.15, -0.1) is 6.42 Å². The molecule has 7 nitrogen and oxygen atoms in total. The number of nitrogens with one attached hydrogen (secondary N) is 1. The van der Waals surface area contributed by atoms with E-state index in [-0.39, 0.29) is 5.91 Å². The first kappa shape index (κ1) is 33.3. The molecule has 0 bridgehead atoms. The molecule has 0 atom stereocenters. The zero-order chi connectivity index (χ0) is 32.1. The van der Waals surface area contributed by atoms with E-state index >= 15 is 0 Å². The van der Waals surface area contributed by atoms with Gasteiger partial charge >= 0.3 is 0 Å². The molecule has 0 aliphatic carbocycles. The maximum absolute atomic E-state index is 13.5. The van der Waals surface area contributed by atoms with Crippen molar-refractivity contribution in [2.75, 3.05) is 63.4 Å². The summed E-state index contributed by atoms with van der Waals surface area (Å²) in [4.78, 5) is 18.1. The van der Waals surface area contributed by atoms with Crippen LogP contribution in [0.25, 0.3) is 17.2 Å². The van der Waals surface area contributed by atoms with Crippen LogP contribution in [0.4, 0.5) is 11.4 Å². The molecule has 2 aliphatic rings. The number of carbonyl (C=O) groups is 1. The lowest BCUT2D eigenvalue weighted by atomic mass is 10.00. The van der Waals surface area contributed by atoms with Crippen molar-refractivity contribution in [1.29, 1.82) is 0 Å². The molecule has 3 aromatic carbocycles. The minimum absolute atomic E-state index is 0.0915. The summed E-state index contributed by atoms with van der Waals surface area (Å²) in [6.07, 6.45) is 12.7. The van der Waals surface area contributed by atoms with Crippen LogP contribution in [0.15, 0.2) is 72.3 Å². The van der Waals surface area contributed by atoms with Crippen LogP contribution in [0.5, 0.6) is 5.75 Å². The van der Waals surface area contributed by atoms with Gasteiger partial charge in [0.15, 0.2) is 0 Å². The van der Waals surface area contributed by atoms with Gasteiger partial charge in [0.1, 0.15) is 12.4 Å². The predicted molar refractivity (Wildman–Crippen MR) is 187 cm³/mol. The van der Waals surface area contributed by atoms with Crippen molar-refractivity contribution in [3.05, 3.63) is 83.4 Å². The Balaban J connectivity index is 1.25.